The van der Waals surface area contributed by atoms with Gasteiger partial charge in [0.15, 0.2) is 0 Å². The SMILES string of the molecule is Cc1nc(C(N)=O)cnc1N1CCCCC1. The predicted molar refractivity (Wildman–Crippen MR) is 61.4 cm³/mol. The van der Waals surface area contributed by atoms with E-state index < -0.39 is 5.91 Å². The van der Waals surface area contributed by atoms with E-state index in [4.69, 9.17) is 5.73 Å². The molecule has 1 saturated heterocycles. The Kier molecular flexibility index (Phi) is 3.03. The lowest BCUT2D eigenvalue weighted by atomic mass is 10.1. The van der Waals surface area contributed by atoms with E-state index in [0.29, 0.717) is 0 Å². The van der Waals surface area contributed by atoms with Crippen LogP contribution in [0.5, 0.6) is 0 Å². The fraction of sp³-hybridized carbons (Fsp3) is 0.545. The maximum absolute atomic E-state index is 10.9. The number of nitrogens with zero attached hydrogens (tertiary/aromatic N) is 3. The van der Waals surface area contributed by atoms with E-state index in [1.165, 1.54) is 25.5 Å². The lowest BCUT2D eigenvalue weighted by Gasteiger charge is -2.28. The lowest BCUT2D eigenvalue weighted by molar-refractivity contribution is 0.0995. The number of carbonyl (C=O) groups excluding carboxylic acids is 1. The molecular weight excluding hydrogens is 204 g/mol. The van der Waals surface area contributed by atoms with Crippen LogP contribution < -0.4 is 10.6 Å². The van der Waals surface area contributed by atoms with Gasteiger partial charge in [-0.1, -0.05) is 0 Å². The van der Waals surface area contributed by atoms with E-state index >= 15 is 0 Å². The summed E-state index contributed by atoms with van der Waals surface area (Å²) in [6.07, 6.45) is 5.12. The van der Waals surface area contributed by atoms with E-state index in [0.717, 1.165) is 24.6 Å². The summed E-state index contributed by atoms with van der Waals surface area (Å²) in [5, 5.41) is 0. The number of hydrogen-bond donors (Lipinski definition) is 1. The van der Waals surface area contributed by atoms with Crippen LogP contribution in [0.1, 0.15) is 35.4 Å². The number of aryl methyl sites for hydroxylation is 1. The van der Waals surface area contributed by atoms with Crippen LogP contribution in [0, 0.1) is 6.92 Å². The lowest BCUT2D eigenvalue weighted by Crippen LogP contribution is -2.31. The quantitative estimate of drug-likeness (QED) is 0.802. The van der Waals surface area contributed by atoms with Crippen molar-refractivity contribution in [2.24, 2.45) is 5.73 Å². The maximum Gasteiger partial charge on any atom is 0.268 e. The average Bonchev–Trinajstić information content (AvgIpc) is 2.30. The van der Waals surface area contributed by atoms with Crippen LogP contribution in [0.15, 0.2) is 6.20 Å². The van der Waals surface area contributed by atoms with Gasteiger partial charge in [0.25, 0.3) is 5.91 Å². The molecule has 1 amide bonds. The van der Waals surface area contributed by atoms with Gasteiger partial charge in [0, 0.05) is 13.1 Å². The molecule has 0 atom stereocenters. The molecule has 0 aromatic carbocycles. The smallest absolute Gasteiger partial charge is 0.268 e. The van der Waals surface area contributed by atoms with E-state index in [1.807, 2.05) is 6.92 Å². The van der Waals surface area contributed by atoms with Gasteiger partial charge in [0.2, 0.25) is 0 Å². The van der Waals surface area contributed by atoms with Crippen molar-refractivity contribution in [3.05, 3.63) is 17.6 Å². The van der Waals surface area contributed by atoms with Crippen molar-refractivity contribution < 1.29 is 4.79 Å². The van der Waals surface area contributed by atoms with Gasteiger partial charge in [0.05, 0.1) is 11.9 Å². The molecule has 0 aliphatic carbocycles. The number of nitrogens with two attached hydrogens (primary N) is 1. The minimum Gasteiger partial charge on any atom is -0.364 e. The molecule has 0 radical (unpaired) electrons. The Morgan fingerprint density at radius 1 is 1.38 bits per heavy atom. The molecule has 2 heterocycles. The zero-order valence-electron chi connectivity index (χ0n) is 9.44. The maximum atomic E-state index is 10.9. The second-order valence-corrected chi connectivity index (χ2v) is 4.08. The topological polar surface area (TPSA) is 72.1 Å². The first kappa shape index (κ1) is 10.9. The molecule has 0 unspecified atom stereocenters. The third kappa shape index (κ3) is 2.13. The average molecular weight is 220 g/mol. The van der Waals surface area contributed by atoms with Gasteiger partial charge in [-0.15, -0.1) is 0 Å². The zero-order valence-corrected chi connectivity index (χ0v) is 9.44. The highest BCUT2D eigenvalue weighted by Gasteiger charge is 2.16. The standard InChI is InChI=1S/C11H16N4O/c1-8-11(15-5-3-2-4-6-15)13-7-9(14-8)10(12)16/h7H,2-6H2,1H3,(H2,12,16). The molecule has 1 aliphatic rings. The summed E-state index contributed by atoms with van der Waals surface area (Å²) < 4.78 is 0. The molecule has 0 bridgehead atoms. The van der Waals surface area contributed by atoms with Crippen molar-refractivity contribution in [3.8, 4) is 0 Å². The Labute approximate surface area is 94.7 Å². The summed E-state index contributed by atoms with van der Waals surface area (Å²) in [5.74, 6) is 0.352. The van der Waals surface area contributed by atoms with Crippen molar-refractivity contribution >= 4 is 11.7 Å². The number of aromatic nitrogens is 2. The molecule has 1 aromatic heterocycles. The molecular formula is C11H16N4O. The van der Waals surface area contributed by atoms with Gasteiger partial charge >= 0.3 is 0 Å². The molecule has 16 heavy (non-hydrogen) atoms. The first-order valence-corrected chi connectivity index (χ1v) is 5.57. The van der Waals surface area contributed by atoms with Gasteiger partial charge < -0.3 is 10.6 Å². The Morgan fingerprint density at radius 2 is 2.06 bits per heavy atom. The zero-order chi connectivity index (χ0) is 11.5. The molecule has 0 spiro atoms. The highest BCUT2D eigenvalue weighted by atomic mass is 16.1. The van der Waals surface area contributed by atoms with E-state index in [-0.39, 0.29) is 5.69 Å². The Bertz CT molecular complexity index is 399. The molecule has 86 valence electrons. The van der Waals surface area contributed by atoms with Gasteiger partial charge in [-0.05, 0) is 26.2 Å². The van der Waals surface area contributed by atoms with E-state index in [1.54, 1.807) is 0 Å². The third-order valence-electron chi connectivity index (χ3n) is 2.83. The van der Waals surface area contributed by atoms with Crippen molar-refractivity contribution in [1.29, 1.82) is 0 Å². The Morgan fingerprint density at radius 3 is 2.62 bits per heavy atom. The van der Waals surface area contributed by atoms with Crippen molar-refractivity contribution in [1.82, 2.24) is 9.97 Å². The number of anilines is 1. The van der Waals surface area contributed by atoms with Gasteiger partial charge in [-0.2, -0.15) is 0 Å². The fourth-order valence-corrected chi connectivity index (χ4v) is 2.01. The number of rotatable bonds is 2. The van der Waals surface area contributed by atoms with Gasteiger partial charge in [-0.3, -0.25) is 4.79 Å². The number of piperidine rings is 1. The molecule has 2 N–H and O–H groups in total. The highest BCUT2D eigenvalue weighted by molar-refractivity contribution is 5.90. The monoisotopic (exact) mass is 220 g/mol. The molecule has 5 heteroatoms. The second-order valence-electron chi connectivity index (χ2n) is 4.08. The molecule has 1 aliphatic heterocycles. The summed E-state index contributed by atoms with van der Waals surface area (Å²) in [6, 6.07) is 0. The molecule has 0 saturated carbocycles. The van der Waals surface area contributed by atoms with Crippen molar-refractivity contribution in [2.45, 2.75) is 26.2 Å². The van der Waals surface area contributed by atoms with Crippen LogP contribution >= 0.6 is 0 Å². The summed E-state index contributed by atoms with van der Waals surface area (Å²) >= 11 is 0. The molecule has 2 rings (SSSR count). The summed E-state index contributed by atoms with van der Waals surface area (Å²) in [7, 11) is 0. The number of amides is 1. The van der Waals surface area contributed by atoms with Crippen LogP contribution in [0.2, 0.25) is 0 Å². The molecule has 1 fully saturated rings. The van der Waals surface area contributed by atoms with E-state index in [2.05, 4.69) is 14.9 Å². The fourth-order valence-electron chi connectivity index (χ4n) is 2.01. The summed E-state index contributed by atoms with van der Waals surface area (Å²) in [4.78, 5) is 21.6. The normalized spacial score (nSPS) is 16.2. The van der Waals surface area contributed by atoms with E-state index in [9.17, 15) is 4.79 Å². The Hall–Kier alpha value is -1.65. The van der Waals surface area contributed by atoms with Crippen LogP contribution in [0.25, 0.3) is 0 Å². The van der Waals surface area contributed by atoms with Crippen LogP contribution in [-0.4, -0.2) is 29.0 Å². The number of primary amides is 1. The minimum absolute atomic E-state index is 0.234. The minimum atomic E-state index is -0.527. The summed E-state index contributed by atoms with van der Waals surface area (Å²) in [6.45, 7) is 3.90. The van der Waals surface area contributed by atoms with Crippen molar-refractivity contribution in [3.63, 3.8) is 0 Å². The largest absolute Gasteiger partial charge is 0.364 e. The van der Waals surface area contributed by atoms with Crippen LogP contribution in [0.4, 0.5) is 5.82 Å². The second kappa shape index (κ2) is 4.47. The number of carbonyl (C=O) groups is 1. The highest BCUT2D eigenvalue weighted by Crippen LogP contribution is 2.19. The Balaban J connectivity index is 2.24. The molecule has 5 nitrogen and oxygen atoms in total. The first-order chi connectivity index (χ1) is 7.68. The van der Waals surface area contributed by atoms with Gasteiger partial charge in [0.1, 0.15) is 11.5 Å². The molecule has 1 aromatic rings. The third-order valence-corrected chi connectivity index (χ3v) is 2.83. The predicted octanol–water partition coefficient (Wildman–Crippen LogP) is 0.874. The summed E-state index contributed by atoms with van der Waals surface area (Å²) in [5.41, 5.74) is 6.17. The van der Waals surface area contributed by atoms with Crippen LogP contribution in [0.3, 0.4) is 0 Å². The van der Waals surface area contributed by atoms with Crippen molar-refractivity contribution in [2.75, 3.05) is 18.0 Å². The first-order valence-electron chi connectivity index (χ1n) is 5.57. The number of hydrogen-bond acceptors (Lipinski definition) is 4. The van der Waals surface area contributed by atoms with Gasteiger partial charge in [-0.25, -0.2) is 9.97 Å². The van der Waals surface area contributed by atoms with Crippen LogP contribution in [-0.2, 0) is 0 Å².